The zero-order chi connectivity index (χ0) is 41.3. The van der Waals surface area contributed by atoms with Gasteiger partial charge in [-0.05, 0) is 142 Å². The third kappa shape index (κ3) is 6.53. The zero-order valence-electron chi connectivity index (χ0n) is 35.2. The molecular weight excluding hydrogens is 749 g/mol. The van der Waals surface area contributed by atoms with E-state index in [0.717, 1.165) is 62.6 Å². The van der Waals surface area contributed by atoms with Gasteiger partial charge >= 0.3 is 11.9 Å². The molecule has 1 N–H and O–H groups in total. The van der Waals surface area contributed by atoms with Crippen LogP contribution in [0, 0.1) is 45.3 Å². The fourth-order valence-corrected chi connectivity index (χ4v) is 12.8. The van der Waals surface area contributed by atoms with Gasteiger partial charge in [0.15, 0.2) is 11.6 Å². The van der Waals surface area contributed by atoms with Gasteiger partial charge in [0.05, 0.1) is 22.6 Å². The van der Waals surface area contributed by atoms with Gasteiger partial charge in [-0.25, -0.2) is 4.98 Å². The van der Waals surface area contributed by atoms with Gasteiger partial charge in [-0.2, -0.15) is 4.68 Å². The van der Waals surface area contributed by atoms with Crippen LogP contribution in [0.15, 0.2) is 34.3 Å². The highest BCUT2D eigenvalue weighted by atomic mass is 35.5. The number of allylic oxidation sites excluding steroid dienone is 2. The normalized spacial score (nSPS) is 32.2. The highest BCUT2D eigenvalue weighted by molar-refractivity contribution is 6.31. The second kappa shape index (κ2) is 15.0. The number of carboxylic acid groups (broad SMARTS) is 1. The van der Waals surface area contributed by atoms with Crippen LogP contribution in [-0.4, -0.2) is 43.3 Å². The Morgan fingerprint density at radius 3 is 2.32 bits per heavy atom. The standard InChI is InChI=1S/C45H63Cl2N3O6/c1-11-29(56-34(52)24-41(6,7)40(54)55)18-19-42(8)27(5)17-20-44(10)32(42)15-14-30-36-35(26(3)4)31(51)23-45(36,22-21-43(30,44)9)38-37(47)39(53)50(49(38)12-2)33-16-13-28(46)25-48-33/h13,16,25-27,29-30,32H,11-12,14-15,17-24H2,1-10H3,(H,54,55)/t27?,29?,30?,32?,42?,43-,44?,45?/m1/s1. The lowest BCUT2D eigenvalue weighted by Crippen LogP contribution is -2.62. The average molecular weight is 813 g/mol. The predicted molar refractivity (Wildman–Crippen MR) is 220 cm³/mol. The van der Waals surface area contributed by atoms with Gasteiger partial charge in [0.2, 0.25) is 0 Å². The number of halogens is 2. The summed E-state index contributed by atoms with van der Waals surface area (Å²) in [6.45, 7) is 21.8. The highest BCUT2D eigenvalue weighted by Crippen LogP contribution is 2.75. The monoisotopic (exact) mass is 811 g/mol. The topological polar surface area (TPSA) is 120 Å². The maximum Gasteiger partial charge on any atom is 0.309 e. The van der Waals surface area contributed by atoms with Crippen molar-refractivity contribution in [2.45, 2.75) is 158 Å². The van der Waals surface area contributed by atoms with Crippen LogP contribution in [-0.2, 0) is 31.1 Å². The number of aliphatic carboxylic acids is 1. The minimum absolute atomic E-state index is 0.00870. The lowest BCUT2D eigenvalue weighted by Gasteiger charge is -2.69. The minimum Gasteiger partial charge on any atom is -0.481 e. The first-order valence-corrected chi connectivity index (χ1v) is 21.7. The summed E-state index contributed by atoms with van der Waals surface area (Å²) >= 11 is 13.4. The molecule has 3 saturated carbocycles. The van der Waals surface area contributed by atoms with Gasteiger partial charge in [-0.15, -0.1) is 0 Å². The lowest BCUT2D eigenvalue weighted by atomic mass is 9.35. The first kappa shape index (κ1) is 42.7. The molecule has 4 aliphatic rings. The Kier molecular flexibility index (Phi) is 11.5. The number of carbonyl (C=O) groups excluding carboxylic acids is 2. The highest BCUT2D eigenvalue weighted by Gasteiger charge is 2.68. The molecule has 9 nitrogen and oxygen atoms in total. The van der Waals surface area contributed by atoms with Crippen LogP contribution in [0.25, 0.3) is 5.82 Å². The fraction of sp³-hybridized carbons (Fsp3) is 0.711. The van der Waals surface area contributed by atoms with Gasteiger partial charge in [0, 0.05) is 24.6 Å². The number of rotatable bonds is 12. The molecule has 4 aliphatic carbocycles. The number of carboxylic acids is 1. The molecule has 0 saturated heterocycles. The molecule has 2 aromatic heterocycles. The van der Waals surface area contributed by atoms with Crippen molar-refractivity contribution in [1.29, 1.82) is 0 Å². The number of hydrogen-bond acceptors (Lipinski definition) is 6. The minimum atomic E-state index is -1.18. The van der Waals surface area contributed by atoms with Crippen molar-refractivity contribution in [3.8, 4) is 5.82 Å². The van der Waals surface area contributed by atoms with Crippen LogP contribution in [0.4, 0.5) is 0 Å². The predicted octanol–water partition coefficient (Wildman–Crippen LogP) is 10.4. The number of nitrogens with zero attached hydrogens (tertiary/aromatic N) is 3. The van der Waals surface area contributed by atoms with Crippen LogP contribution in [0.5, 0.6) is 0 Å². The molecule has 308 valence electrons. The summed E-state index contributed by atoms with van der Waals surface area (Å²) in [7, 11) is 0. The van der Waals surface area contributed by atoms with Crippen molar-refractivity contribution in [3.63, 3.8) is 0 Å². The summed E-state index contributed by atoms with van der Waals surface area (Å²) in [5, 5.41) is 10.2. The van der Waals surface area contributed by atoms with Crippen molar-refractivity contribution in [2.75, 3.05) is 0 Å². The van der Waals surface area contributed by atoms with E-state index in [4.69, 9.17) is 27.9 Å². The number of fused-ring (bicyclic) bond motifs is 5. The van der Waals surface area contributed by atoms with Crippen LogP contribution in [0.1, 0.15) is 146 Å². The third-order valence-electron chi connectivity index (χ3n) is 15.9. The Morgan fingerprint density at radius 1 is 1.04 bits per heavy atom. The average Bonchev–Trinajstić information content (AvgIpc) is 3.58. The number of aromatic nitrogens is 3. The molecule has 7 unspecified atom stereocenters. The summed E-state index contributed by atoms with van der Waals surface area (Å²) in [4.78, 5) is 57.7. The summed E-state index contributed by atoms with van der Waals surface area (Å²) in [5.74, 6) is 0.213. The lowest BCUT2D eigenvalue weighted by molar-refractivity contribution is -0.184. The molecule has 3 fully saturated rings. The smallest absolute Gasteiger partial charge is 0.309 e. The molecule has 2 aromatic rings. The molecule has 6 rings (SSSR count). The van der Waals surface area contributed by atoms with Gasteiger partial charge in [0.1, 0.15) is 11.1 Å². The largest absolute Gasteiger partial charge is 0.481 e. The molecule has 0 aliphatic heterocycles. The van der Waals surface area contributed by atoms with Crippen LogP contribution >= 0.6 is 23.2 Å². The Balaban J connectivity index is 1.38. The Morgan fingerprint density at radius 2 is 1.73 bits per heavy atom. The number of esters is 1. The SMILES string of the molecule is CCC(CCC1(C)C(C)CCC2(C)C1CCC1C3=C(C(C)C)C(=O)CC3(c3c(Cl)c(=O)n(-c4ccc(Cl)cn4)n3CC)CC[C@]12C)OC(=O)CC(C)(C)C(=O)O. The second-order valence-corrected chi connectivity index (χ2v) is 20.2. The van der Waals surface area contributed by atoms with Crippen molar-refractivity contribution in [3.05, 3.63) is 55.6 Å². The van der Waals surface area contributed by atoms with E-state index in [1.807, 2.05) is 18.5 Å². The molecule has 0 aromatic carbocycles. The Bertz CT molecular complexity index is 1980. The van der Waals surface area contributed by atoms with E-state index < -0.39 is 22.8 Å². The summed E-state index contributed by atoms with van der Waals surface area (Å²) in [6.07, 6.45) is 9.53. The maximum atomic E-state index is 14.4. The Labute approximate surface area is 342 Å². The summed E-state index contributed by atoms with van der Waals surface area (Å²) in [5.41, 5.74) is 0.546. The molecule has 0 bridgehead atoms. The summed E-state index contributed by atoms with van der Waals surface area (Å²) < 4.78 is 9.48. The molecule has 56 heavy (non-hydrogen) atoms. The molecule has 8 atom stereocenters. The maximum absolute atomic E-state index is 14.4. The van der Waals surface area contributed by atoms with E-state index in [-0.39, 0.29) is 57.0 Å². The fourth-order valence-electron chi connectivity index (χ4n) is 12.3. The first-order chi connectivity index (χ1) is 26.1. The van der Waals surface area contributed by atoms with Gasteiger partial charge in [0.25, 0.3) is 5.56 Å². The van der Waals surface area contributed by atoms with Gasteiger partial charge in [-0.3, -0.25) is 23.9 Å². The number of pyridine rings is 1. The molecule has 0 spiro atoms. The molecular formula is C45H63Cl2N3O6. The van der Waals surface area contributed by atoms with E-state index in [1.54, 1.807) is 30.7 Å². The zero-order valence-corrected chi connectivity index (χ0v) is 36.7. The quantitative estimate of drug-likeness (QED) is 0.212. The first-order valence-electron chi connectivity index (χ1n) is 21.0. The van der Waals surface area contributed by atoms with E-state index >= 15 is 0 Å². The van der Waals surface area contributed by atoms with Crippen molar-refractivity contribution < 1.29 is 24.2 Å². The van der Waals surface area contributed by atoms with Crippen LogP contribution < -0.4 is 5.56 Å². The van der Waals surface area contributed by atoms with E-state index in [9.17, 15) is 24.3 Å². The van der Waals surface area contributed by atoms with E-state index in [2.05, 4.69) is 46.5 Å². The number of ether oxygens (including phenoxy) is 1. The van der Waals surface area contributed by atoms with E-state index in [0.29, 0.717) is 42.1 Å². The van der Waals surface area contributed by atoms with E-state index in [1.165, 1.54) is 11.8 Å². The van der Waals surface area contributed by atoms with Crippen LogP contribution in [0.2, 0.25) is 10.0 Å². The van der Waals surface area contributed by atoms with Crippen LogP contribution in [0.3, 0.4) is 0 Å². The molecule has 11 heteroatoms. The summed E-state index contributed by atoms with van der Waals surface area (Å²) in [6, 6.07) is 3.45. The van der Waals surface area contributed by atoms with Crippen molar-refractivity contribution >= 4 is 40.9 Å². The van der Waals surface area contributed by atoms with Crippen molar-refractivity contribution in [1.82, 2.24) is 14.3 Å². The number of Topliss-reactive ketones (excluding diaryl/α,β-unsaturated/α-hetero) is 1. The molecule has 0 radical (unpaired) electrons. The third-order valence-corrected chi connectivity index (χ3v) is 16.4. The number of carbonyl (C=O) groups is 3. The number of hydrogen-bond donors (Lipinski definition) is 1. The Hall–Kier alpha value is -2.91. The van der Waals surface area contributed by atoms with Gasteiger partial charge in [-0.1, -0.05) is 71.7 Å². The number of ketones is 1. The van der Waals surface area contributed by atoms with Crippen molar-refractivity contribution in [2.24, 2.45) is 45.3 Å². The molecule has 2 heterocycles. The van der Waals surface area contributed by atoms with Gasteiger partial charge < -0.3 is 9.84 Å². The second-order valence-electron chi connectivity index (χ2n) is 19.4. The molecule has 0 amide bonds.